The second kappa shape index (κ2) is 7.80. The number of hydrogen-bond acceptors (Lipinski definition) is 8. The van der Waals surface area contributed by atoms with E-state index in [-0.39, 0.29) is 22.2 Å². The first-order chi connectivity index (χ1) is 13.4. The molecule has 28 heavy (non-hydrogen) atoms. The summed E-state index contributed by atoms with van der Waals surface area (Å²) in [5, 5.41) is 33.3. The van der Waals surface area contributed by atoms with E-state index in [1.54, 1.807) is 31.4 Å². The van der Waals surface area contributed by atoms with Crippen LogP contribution in [0.25, 0.3) is 11.3 Å². The van der Waals surface area contributed by atoms with Gasteiger partial charge in [-0.2, -0.15) is 14.9 Å². The van der Waals surface area contributed by atoms with Crippen molar-refractivity contribution in [1.82, 2.24) is 9.78 Å². The molecule has 1 aromatic heterocycles. The molecular weight excluding hydrogens is 384 g/mol. The summed E-state index contributed by atoms with van der Waals surface area (Å²) in [5.74, 6) is 0.271. The first-order valence-electron chi connectivity index (χ1n) is 7.83. The van der Waals surface area contributed by atoms with Crippen molar-refractivity contribution in [1.29, 1.82) is 0 Å². The molecule has 0 radical (unpaired) electrons. The van der Waals surface area contributed by atoms with Crippen LogP contribution in [0.1, 0.15) is 0 Å². The molecule has 0 aliphatic carbocycles. The Balaban J connectivity index is 2.04. The summed E-state index contributed by atoms with van der Waals surface area (Å²) in [4.78, 5) is 10.3. The van der Waals surface area contributed by atoms with Gasteiger partial charge in [0.1, 0.15) is 11.4 Å². The van der Waals surface area contributed by atoms with Gasteiger partial charge in [0, 0.05) is 17.7 Å². The van der Waals surface area contributed by atoms with Gasteiger partial charge in [0.05, 0.1) is 17.7 Å². The average Bonchev–Trinajstić information content (AvgIpc) is 3.03. The minimum atomic E-state index is -0.515. The fourth-order valence-electron chi connectivity index (χ4n) is 2.34. The molecule has 0 atom stereocenters. The summed E-state index contributed by atoms with van der Waals surface area (Å²) < 4.78 is 6.02. The smallest absolute Gasteiger partial charge is 0.269 e. The Labute approximate surface area is 164 Å². The van der Waals surface area contributed by atoms with Crippen molar-refractivity contribution in [3.8, 4) is 22.9 Å². The molecule has 2 aromatic carbocycles. The van der Waals surface area contributed by atoms with E-state index in [0.29, 0.717) is 17.0 Å². The van der Waals surface area contributed by atoms with E-state index < -0.39 is 10.8 Å². The molecule has 0 saturated heterocycles. The van der Waals surface area contributed by atoms with Crippen LogP contribution in [0.15, 0.2) is 58.8 Å². The van der Waals surface area contributed by atoms with Gasteiger partial charge in [0.15, 0.2) is 10.8 Å². The van der Waals surface area contributed by atoms with Crippen molar-refractivity contribution >= 4 is 34.4 Å². The summed E-state index contributed by atoms with van der Waals surface area (Å²) in [7, 11) is 1.55. The van der Waals surface area contributed by atoms with Crippen LogP contribution >= 0.6 is 12.2 Å². The van der Waals surface area contributed by atoms with Gasteiger partial charge in [-0.05, 0) is 48.6 Å². The number of thiocarbonyl (C=S) groups is 1. The molecule has 10 nitrogen and oxygen atoms in total. The van der Waals surface area contributed by atoms with Gasteiger partial charge >= 0.3 is 0 Å². The lowest BCUT2D eigenvalue weighted by atomic mass is 10.1. The Morgan fingerprint density at radius 3 is 2.39 bits per heavy atom. The van der Waals surface area contributed by atoms with E-state index in [2.05, 4.69) is 15.3 Å². The van der Waals surface area contributed by atoms with Gasteiger partial charge in [0.2, 0.25) is 5.88 Å². The molecule has 1 heterocycles. The maximum atomic E-state index is 10.8. The SMILES string of the molecule is COc1ccc(/N=N/c2c(-c3ccc([N+](=O)[O-])cc3)nn(C(N)=S)c2O)cc1. The van der Waals surface area contributed by atoms with Crippen molar-refractivity contribution in [3.63, 3.8) is 0 Å². The third-order valence-electron chi connectivity index (χ3n) is 3.73. The summed E-state index contributed by atoms with van der Waals surface area (Å²) in [6, 6.07) is 12.4. The van der Waals surface area contributed by atoms with Crippen molar-refractivity contribution in [2.75, 3.05) is 7.11 Å². The van der Waals surface area contributed by atoms with Gasteiger partial charge in [0.25, 0.3) is 5.69 Å². The highest BCUT2D eigenvalue weighted by Crippen LogP contribution is 2.38. The minimum Gasteiger partial charge on any atom is -0.497 e. The molecule has 11 heteroatoms. The van der Waals surface area contributed by atoms with Crippen LogP contribution in [0.3, 0.4) is 0 Å². The number of aromatic nitrogens is 2. The molecule has 3 N–H and O–H groups in total. The van der Waals surface area contributed by atoms with Crippen molar-refractivity contribution in [3.05, 3.63) is 58.6 Å². The first kappa shape index (κ1) is 18.9. The van der Waals surface area contributed by atoms with E-state index in [1.165, 1.54) is 24.3 Å². The number of methoxy groups -OCH3 is 1. The molecule has 0 saturated carbocycles. The van der Waals surface area contributed by atoms with Crippen LogP contribution in [0.5, 0.6) is 11.6 Å². The molecule has 3 rings (SSSR count). The molecule has 0 bridgehead atoms. The lowest BCUT2D eigenvalue weighted by molar-refractivity contribution is -0.384. The summed E-state index contributed by atoms with van der Waals surface area (Å²) >= 11 is 4.88. The monoisotopic (exact) mass is 398 g/mol. The highest BCUT2D eigenvalue weighted by Gasteiger charge is 2.21. The van der Waals surface area contributed by atoms with Gasteiger partial charge in [-0.1, -0.05) is 0 Å². The quantitative estimate of drug-likeness (QED) is 0.289. The Hall–Kier alpha value is -3.86. The maximum absolute atomic E-state index is 10.8. The maximum Gasteiger partial charge on any atom is 0.269 e. The van der Waals surface area contributed by atoms with Crippen molar-refractivity contribution in [2.45, 2.75) is 0 Å². The van der Waals surface area contributed by atoms with Crippen LogP contribution in [-0.2, 0) is 0 Å². The van der Waals surface area contributed by atoms with Crippen LogP contribution in [0.4, 0.5) is 17.1 Å². The van der Waals surface area contributed by atoms with Crippen molar-refractivity contribution < 1.29 is 14.8 Å². The molecule has 0 amide bonds. The first-order valence-corrected chi connectivity index (χ1v) is 8.24. The zero-order valence-corrected chi connectivity index (χ0v) is 15.3. The number of azo groups is 1. The fourth-order valence-corrected chi connectivity index (χ4v) is 2.47. The molecular formula is C17H14N6O4S. The largest absolute Gasteiger partial charge is 0.497 e. The number of ether oxygens (including phenoxy) is 1. The summed E-state index contributed by atoms with van der Waals surface area (Å²) in [6.07, 6.45) is 0. The number of benzene rings is 2. The third kappa shape index (κ3) is 3.78. The molecule has 142 valence electrons. The van der Waals surface area contributed by atoms with Gasteiger partial charge in [-0.25, -0.2) is 0 Å². The van der Waals surface area contributed by atoms with Crippen LogP contribution in [0.2, 0.25) is 0 Å². The Morgan fingerprint density at radius 1 is 1.21 bits per heavy atom. The van der Waals surface area contributed by atoms with Crippen LogP contribution in [-0.4, -0.2) is 32.0 Å². The number of non-ortho nitro benzene ring substituents is 1. The number of aromatic hydroxyl groups is 1. The molecule has 0 fully saturated rings. The third-order valence-corrected chi connectivity index (χ3v) is 3.91. The van der Waals surface area contributed by atoms with E-state index in [4.69, 9.17) is 22.7 Å². The Kier molecular flexibility index (Phi) is 5.27. The van der Waals surface area contributed by atoms with Gasteiger partial charge in [-0.15, -0.1) is 5.11 Å². The standard InChI is InChI=1S/C17H14N6O4S/c1-27-13-8-4-11(5-9-13)19-20-15-14(21-22(16(15)24)17(18)28)10-2-6-12(7-3-10)23(25)26/h2-9,24H,1H3,(H2,18,28)/b20-19+. The molecule has 0 aliphatic heterocycles. The zero-order chi connectivity index (χ0) is 20.3. The van der Waals surface area contributed by atoms with Crippen molar-refractivity contribution in [2.24, 2.45) is 16.0 Å². The van der Waals surface area contributed by atoms with Crippen LogP contribution < -0.4 is 10.5 Å². The normalized spacial score (nSPS) is 10.9. The number of nitro groups is 1. The van der Waals surface area contributed by atoms with Gasteiger partial charge in [-0.3, -0.25) is 10.1 Å². The summed E-state index contributed by atoms with van der Waals surface area (Å²) in [5.41, 5.74) is 6.72. The lowest BCUT2D eigenvalue weighted by Crippen LogP contribution is -2.19. The number of hydrogen-bond donors (Lipinski definition) is 2. The van der Waals surface area contributed by atoms with E-state index in [9.17, 15) is 15.2 Å². The molecule has 0 unspecified atom stereocenters. The lowest BCUT2D eigenvalue weighted by Gasteiger charge is -1.99. The Morgan fingerprint density at radius 2 is 1.86 bits per heavy atom. The molecule has 0 aliphatic rings. The number of rotatable bonds is 5. The molecule has 0 spiro atoms. The average molecular weight is 398 g/mol. The predicted octanol–water partition coefficient (Wildman–Crippen LogP) is 3.68. The predicted molar refractivity (Wildman–Crippen MR) is 105 cm³/mol. The fraction of sp³-hybridized carbons (Fsp3) is 0.0588. The number of nitrogens with two attached hydrogens (primary N) is 1. The molecule has 3 aromatic rings. The topological polar surface area (TPSA) is 141 Å². The number of nitrogens with zero attached hydrogens (tertiary/aromatic N) is 5. The summed E-state index contributed by atoms with van der Waals surface area (Å²) in [6.45, 7) is 0. The second-order valence-electron chi connectivity index (χ2n) is 5.47. The highest BCUT2D eigenvalue weighted by molar-refractivity contribution is 7.80. The van der Waals surface area contributed by atoms with Gasteiger partial charge < -0.3 is 15.6 Å². The highest BCUT2D eigenvalue weighted by atomic mass is 32.1. The zero-order valence-electron chi connectivity index (χ0n) is 14.5. The van der Waals surface area contributed by atoms with E-state index >= 15 is 0 Å². The minimum absolute atomic E-state index is 0.0254. The second-order valence-corrected chi connectivity index (χ2v) is 5.89. The van der Waals surface area contributed by atoms with E-state index in [1.807, 2.05) is 0 Å². The van der Waals surface area contributed by atoms with Crippen LogP contribution in [0, 0.1) is 10.1 Å². The number of nitro benzene ring substituents is 1. The Bertz CT molecular complexity index is 1060. The van der Waals surface area contributed by atoms with E-state index in [0.717, 1.165) is 4.68 Å².